The number of hydrogen-bond donors (Lipinski definition) is 2. The van der Waals surface area contributed by atoms with Crippen LogP contribution in [0.2, 0.25) is 0 Å². The van der Waals surface area contributed by atoms with Crippen molar-refractivity contribution in [1.29, 1.82) is 0 Å². The highest BCUT2D eigenvalue weighted by atomic mass is 32.1. The average Bonchev–Trinajstić information content (AvgIpc) is 3.33. The van der Waals surface area contributed by atoms with Crippen LogP contribution in [-0.4, -0.2) is 31.1 Å². The molecule has 26 heavy (non-hydrogen) atoms. The lowest BCUT2D eigenvalue weighted by atomic mass is 10.0. The molecule has 0 spiro atoms. The van der Waals surface area contributed by atoms with Crippen LogP contribution < -0.4 is 10.9 Å². The number of likely N-dealkylation sites (N-methyl/N-ethyl adjacent to an activating group) is 1. The summed E-state index contributed by atoms with van der Waals surface area (Å²) >= 11 is 1.92. The lowest BCUT2D eigenvalue weighted by Crippen LogP contribution is -2.38. The van der Waals surface area contributed by atoms with Crippen molar-refractivity contribution in [3.05, 3.63) is 57.8 Å². The van der Waals surface area contributed by atoms with Crippen molar-refractivity contribution in [2.75, 3.05) is 20.2 Å². The first-order valence-electron chi connectivity index (χ1n) is 9.72. The van der Waals surface area contributed by atoms with Gasteiger partial charge >= 0.3 is 0 Å². The Labute approximate surface area is 160 Å². The van der Waals surface area contributed by atoms with E-state index >= 15 is 0 Å². The third-order valence-electron chi connectivity index (χ3n) is 5.32. The Bertz CT molecular complexity index is 684. The van der Waals surface area contributed by atoms with Crippen LogP contribution in [0, 0.1) is 0 Å². The first-order valence-corrected chi connectivity index (χ1v) is 10.5. The van der Waals surface area contributed by atoms with Gasteiger partial charge in [0.2, 0.25) is 0 Å². The van der Waals surface area contributed by atoms with Crippen LogP contribution in [0.3, 0.4) is 0 Å². The van der Waals surface area contributed by atoms with Crippen LogP contribution in [0.25, 0.3) is 0 Å². The third-order valence-corrected chi connectivity index (χ3v) is 6.48. The minimum atomic E-state index is 0.333. The van der Waals surface area contributed by atoms with Crippen LogP contribution in [0.15, 0.2) is 42.5 Å². The Balaban J connectivity index is 1.27. The number of ether oxygens (including phenoxy) is 1. The second-order valence-electron chi connectivity index (χ2n) is 7.54. The number of hydrogen-bond acceptors (Lipinski definition) is 5. The molecule has 3 atom stereocenters. The summed E-state index contributed by atoms with van der Waals surface area (Å²) in [7, 11) is 2.22. The molecule has 1 aromatic heterocycles. The molecule has 2 aliphatic heterocycles. The second kappa shape index (κ2) is 8.63. The Morgan fingerprint density at radius 1 is 1.12 bits per heavy atom. The number of nitrogens with one attached hydrogen (secondary N) is 2. The second-order valence-corrected chi connectivity index (χ2v) is 8.74. The molecule has 5 heteroatoms. The van der Waals surface area contributed by atoms with Gasteiger partial charge < -0.3 is 4.74 Å². The van der Waals surface area contributed by atoms with Crippen LogP contribution in [0.1, 0.15) is 53.1 Å². The molecule has 2 aliphatic rings. The topological polar surface area (TPSA) is 36.5 Å². The molecule has 4 rings (SSSR count). The zero-order valence-corrected chi connectivity index (χ0v) is 16.3. The summed E-state index contributed by atoms with van der Waals surface area (Å²) in [5.74, 6) is 0. The summed E-state index contributed by atoms with van der Waals surface area (Å²) in [4.78, 5) is 5.25. The maximum absolute atomic E-state index is 5.92. The van der Waals surface area contributed by atoms with E-state index in [1.165, 1.54) is 34.6 Å². The Morgan fingerprint density at radius 3 is 2.81 bits per heavy atom. The SMILES string of the molecule is CN(Cc1ccc(C2CCCCO2)s1)CC1CC(c2ccccc2)NN1. The first kappa shape index (κ1) is 18.1. The maximum atomic E-state index is 5.92. The molecule has 2 aromatic rings. The van der Waals surface area contributed by atoms with Gasteiger partial charge in [-0.25, -0.2) is 5.43 Å². The van der Waals surface area contributed by atoms with Crippen LogP contribution in [-0.2, 0) is 11.3 Å². The highest BCUT2D eigenvalue weighted by Crippen LogP contribution is 2.33. The Kier molecular flexibility index (Phi) is 6.02. The van der Waals surface area contributed by atoms with Gasteiger partial charge in [-0.3, -0.25) is 10.3 Å². The number of benzene rings is 1. The van der Waals surface area contributed by atoms with Crippen molar-refractivity contribution in [3.8, 4) is 0 Å². The van der Waals surface area contributed by atoms with Gasteiger partial charge in [-0.1, -0.05) is 30.3 Å². The third kappa shape index (κ3) is 4.53. The van der Waals surface area contributed by atoms with E-state index in [0.29, 0.717) is 18.2 Å². The van der Waals surface area contributed by atoms with E-state index in [4.69, 9.17) is 4.74 Å². The molecule has 0 aliphatic carbocycles. The van der Waals surface area contributed by atoms with E-state index in [0.717, 1.165) is 26.1 Å². The predicted octanol–water partition coefficient (Wildman–Crippen LogP) is 4.03. The summed E-state index contributed by atoms with van der Waals surface area (Å²) < 4.78 is 5.92. The van der Waals surface area contributed by atoms with Gasteiger partial charge in [0.1, 0.15) is 0 Å². The number of nitrogens with zero attached hydrogens (tertiary/aromatic N) is 1. The first-order chi connectivity index (χ1) is 12.8. The zero-order chi connectivity index (χ0) is 17.8. The van der Waals surface area contributed by atoms with Crippen molar-refractivity contribution < 1.29 is 4.74 Å². The summed E-state index contributed by atoms with van der Waals surface area (Å²) in [5, 5.41) is 0. The largest absolute Gasteiger partial charge is 0.373 e. The summed E-state index contributed by atoms with van der Waals surface area (Å²) in [6.45, 7) is 2.97. The quantitative estimate of drug-likeness (QED) is 0.804. The molecular weight excluding hydrogens is 342 g/mol. The lowest BCUT2D eigenvalue weighted by Gasteiger charge is -2.21. The maximum Gasteiger partial charge on any atom is 0.0916 e. The van der Waals surface area contributed by atoms with Gasteiger partial charge in [-0.2, -0.15) is 0 Å². The van der Waals surface area contributed by atoms with E-state index in [-0.39, 0.29) is 0 Å². The molecule has 2 saturated heterocycles. The Hall–Kier alpha value is -1.24. The molecule has 0 amide bonds. The van der Waals surface area contributed by atoms with E-state index in [2.05, 4.69) is 65.3 Å². The lowest BCUT2D eigenvalue weighted by molar-refractivity contribution is 0.0172. The number of thiophene rings is 1. The highest BCUT2D eigenvalue weighted by molar-refractivity contribution is 7.12. The van der Waals surface area contributed by atoms with Gasteiger partial charge in [0.25, 0.3) is 0 Å². The van der Waals surface area contributed by atoms with E-state index in [1.807, 2.05) is 11.3 Å². The van der Waals surface area contributed by atoms with Crippen molar-refractivity contribution >= 4 is 11.3 Å². The predicted molar refractivity (Wildman–Crippen MR) is 107 cm³/mol. The molecule has 3 unspecified atom stereocenters. The molecule has 2 N–H and O–H groups in total. The van der Waals surface area contributed by atoms with Crippen molar-refractivity contribution in [1.82, 2.24) is 15.8 Å². The van der Waals surface area contributed by atoms with Gasteiger partial charge in [-0.05, 0) is 50.4 Å². The van der Waals surface area contributed by atoms with Gasteiger partial charge in [0.15, 0.2) is 0 Å². The molecular formula is C21H29N3OS. The van der Waals surface area contributed by atoms with E-state index in [1.54, 1.807) is 0 Å². The monoisotopic (exact) mass is 371 g/mol. The highest BCUT2D eigenvalue weighted by Gasteiger charge is 2.26. The van der Waals surface area contributed by atoms with Gasteiger partial charge in [-0.15, -0.1) is 11.3 Å². The fourth-order valence-electron chi connectivity index (χ4n) is 3.97. The van der Waals surface area contributed by atoms with Crippen LogP contribution >= 0.6 is 11.3 Å². The van der Waals surface area contributed by atoms with Crippen LogP contribution in [0.5, 0.6) is 0 Å². The smallest absolute Gasteiger partial charge is 0.0916 e. The number of rotatable bonds is 6. The molecule has 0 radical (unpaired) electrons. The fraction of sp³-hybridized carbons (Fsp3) is 0.524. The zero-order valence-electron chi connectivity index (χ0n) is 15.5. The summed E-state index contributed by atoms with van der Waals surface area (Å²) in [6, 6.07) is 16.1. The van der Waals surface area contributed by atoms with Crippen molar-refractivity contribution in [2.24, 2.45) is 0 Å². The number of hydrazine groups is 1. The van der Waals surface area contributed by atoms with Gasteiger partial charge in [0.05, 0.1) is 6.10 Å². The molecule has 2 fully saturated rings. The van der Waals surface area contributed by atoms with Gasteiger partial charge in [0, 0.05) is 41.5 Å². The normalized spacial score (nSPS) is 26.5. The average molecular weight is 372 g/mol. The van der Waals surface area contributed by atoms with E-state index < -0.39 is 0 Å². The van der Waals surface area contributed by atoms with Crippen molar-refractivity contribution in [2.45, 2.75) is 50.4 Å². The van der Waals surface area contributed by atoms with E-state index in [9.17, 15) is 0 Å². The molecule has 0 bridgehead atoms. The minimum absolute atomic E-state index is 0.333. The summed E-state index contributed by atoms with van der Waals surface area (Å²) in [5.41, 5.74) is 8.28. The molecule has 3 heterocycles. The molecule has 0 saturated carbocycles. The summed E-state index contributed by atoms with van der Waals surface area (Å²) in [6.07, 6.45) is 5.14. The molecule has 140 valence electrons. The fourth-order valence-corrected chi connectivity index (χ4v) is 5.15. The van der Waals surface area contributed by atoms with Crippen molar-refractivity contribution in [3.63, 3.8) is 0 Å². The minimum Gasteiger partial charge on any atom is -0.373 e. The van der Waals surface area contributed by atoms with Crippen LogP contribution in [0.4, 0.5) is 0 Å². The Morgan fingerprint density at radius 2 is 2.00 bits per heavy atom. The molecule has 1 aromatic carbocycles. The standard InChI is InChI=1S/C21H29N3OS/c1-24(14-17-13-19(23-22-17)16-7-3-2-4-8-16)15-18-10-11-21(26-18)20-9-5-6-12-25-20/h2-4,7-8,10-11,17,19-20,22-23H,5-6,9,12-15H2,1H3. The molecule has 4 nitrogen and oxygen atoms in total.